The van der Waals surface area contributed by atoms with E-state index in [2.05, 4.69) is 40.8 Å². The minimum atomic E-state index is 0.493. The van der Waals surface area contributed by atoms with Gasteiger partial charge in [0, 0.05) is 24.5 Å². The SMILES string of the molecule is Cc1cc(Nc2ccnc(NCc3ccc4[nH]cnc4c3Cl)n2)n[nH]1. The fourth-order valence-corrected chi connectivity index (χ4v) is 2.73. The molecule has 4 aromatic rings. The summed E-state index contributed by atoms with van der Waals surface area (Å²) in [4.78, 5) is 15.9. The maximum absolute atomic E-state index is 6.40. The van der Waals surface area contributed by atoms with Gasteiger partial charge >= 0.3 is 0 Å². The first-order valence-corrected chi connectivity index (χ1v) is 8.03. The molecule has 8 nitrogen and oxygen atoms in total. The first-order chi connectivity index (χ1) is 12.2. The third-order valence-electron chi connectivity index (χ3n) is 3.66. The summed E-state index contributed by atoms with van der Waals surface area (Å²) < 4.78 is 0. The highest BCUT2D eigenvalue weighted by Crippen LogP contribution is 2.25. The molecule has 0 aliphatic rings. The van der Waals surface area contributed by atoms with Gasteiger partial charge in [0.05, 0.1) is 16.9 Å². The van der Waals surface area contributed by atoms with Gasteiger partial charge in [-0.15, -0.1) is 0 Å². The standard InChI is InChI=1S/C16H15ClN8/c1-9-6-13(25-24-9)22-12-4-5-18-16(23-12)19-7-10-2-3-11-15(14(10)17)21-8-20-11/h2-6,8H,7H2,1H3,(H,20,21)(H3,18,19,22,23,24,25). The number of aromatic amines is 2. The predicted molar refractivity (Wildman–Crippen MR) is 97.1 cm³/mol. The number of aromatic nitrogens is 6. The average Bonchev–Trinajstić information content (AvgIpc) is 3.24. The molecule has 0 atom stereocenters. The van der Waals surface area contributed by atoms with Gasteiger partial charge in [0.2, 0.25) is 5.95 Å². The van der Waals surface area contributed by atoms with E-state index >= 15 is 0 Å². The molecule has 0 unspecified atom stereocenters. The molecule has 1 aromatic carbocycles. The van der Waals surface area contributed by atoms with Crippen LogP contribution in [0.15, 0.2) is 36.8 Å². The highest BCUT2D eigenvalue weighted by molar-refractivity contribution is 6.35. The number of fused-ring (bicyclic) bond motifs is 1. The first kappa shape index (κ1) is 15.4. The second kappa shape index (κ2) is 6.40. The molecular formula is C16H15ClN8. The summed E-state index contributed by atoms with van der Waals surface area (Å²) in [6, 6.07) is 7.57. The van der Waals surface area contributed by atoms with E-state index in [0.29, 0.717) is 29.2 Å². The van der Waals surface area contributed by atoms with Crippen LogP contribution in [0, 0.1) is 6.92 Å². The Bertz CT molecular complexity index is 1020. The summed E-state index contributed by atoms with van der Waals surface area (Å²) in [6.07, 6.45) is 3.30. The molecule has 3 aromatic heterocycles. The van der Waals surface area contributed by atoms with Crippen LogP contribution in [-0.4, -0.2) is 30.1 Å². The van der Waals surface area contributed by atoms with Crippen molar-refractivity contribution < 1.29 is 0 Å². The molecule has 4 N–H and O–H groups in total. The van der Waals surface area contributed by atoms with E-state index in [1.54, 1.807) is 18.6 Å². The maximum atomic E-state index is 6.40. The number of anilines is 3. The van der Waals surface area contributed by atoms with Crippen molar-refractivity contribution in [1.82, 2.24) is 30.1 Å². The molecule has 0 amide bonds. The number of imidazole rings is 1. The third kappa shape index (κ3) is 3.24. The van der Waals surface area contributed by atoms with Crippen LogP contribution >= 0.6 is 11.6 Å². The molecule has 0 spiro atoms. The number of nitrogens with zero attached hydrogens (tertiary/aromatic N) is 4. The minimum absolute atomic E-state index is 0.493. The number of benzene rings is 1. The van der Waals surface area contributed by atoms with Crippen LogP contribution in [0.3, 0.4) is 0 Å². The molecule has 0 aliphatic carbocycles. The van der Waals surface area contributed by atoms with Gasteiger partial charge in [-0.1, -0.05) is 17.7 Å². The lowest BCUT2D eigenvalue weighted by Crippen LogP contribution is -2.05. The van der Waals surface area contributed by atoms with Gasteiger partial charge in [0.15, 0.2) is 5.82 Å². The zero-order chi connectivity index (χ0) is 17.2. The summed E-state index contributed by atoms with van der Waals surface area (Å²) in [5.41, 5.74) is 3.56. The van der Waals surface area contributed by atoms with Crippen molar-refractivity contribution >= 4 is 40.2 Å². The van der Waals surface area contributed by atoms with Crippen molar-refractivity contribution in [2.75, 3.05) is 10.6 Å². The second-order valence-electron chi connectivity index (χ2n) is 5.52. The Balaban J connectivity index is 1.48. The highest BCUT2D eigenvalue weighted by atomic mass is 35.5. The van der Waals surface area contributed by atoms with Crippen LogP contribution in [0.4, 0.5) is 17.6 Å². The Morgan fingerprint density at radius 2 is 2.08 bits per heavy atom. The molecule has 25 heavy (non-hydrogen) atoms. The summed E-state index contributed by atoms with van der Waals surface area (Å²) in [5.74, 6) is 1.85. The maximum Gasteiger partial charge on any atom is 0.224 e. The molecule has 0 fully saturated rings. The molecule has 4 rings (SSSR count). The normalized spacial score (nSPS) is 11.0. The van der Waals surface area contributed by atoms with Crippen LogP contribution in [0.1, 0.15) is 11.3 Å². The molecular weight excluding hydrogens is 340 g/mol. The molecule has 3 heterocycles. The lowest BCUT2D eigenvalue weighted by Gasteiger charge is -2.08. The largest absolute Gasteiger partial charge is 0.350 e. The fourth-order valence-electron chi connectivity index (χ4n) is 2.45. The van der Waals surface area contributed by atoms with Crippen LogP contribution in [0.2, 0.25) is 5.02 Å². The van der Waals surface area contributed by atoms with E-state index in [9.17, 15) is 0 Å². The lowest BCUT2D eigenvalue weighted by atomic mass is 10.2. The van der Waals surface area contributed by atoms with Gasteiger partial charge in [-0.2, -0.15) is 10.1 Å². The number of H-pyrrole nitrogens is 2. The molecule has 0 radical (unpaired) electrons. The van der Waals surface area contributed by atoms with Crippen molar-refractivity contribution in [1.29, 1.82) is 0 Å². The van der Waals surface area contributed by atoms with Gasteiger partial charge in [0.1, 0.15) is 11.3 Å². The van der Waals surface area contributed by atoms with Crippen LogP contribution in [-0.2, 0) is 6.54 Å². The molecule has 0 saturated heterocycles. The van der Waals surface area contributed by atoms with Gasteiger partial charge in [-0.25, -0.2) is 9.97 Å². The van der Waals surface area contributed by atoms with E-state index in [1.165, 1.54) is 0 Å². The molecule has 0 bridgehead atoms. The summed E-state index contributed by atoms with van der Waals surface area (Å²) in [5, 5.41) is 13.9. The van der Waals surface area contributed by atoms with Gasteiger partial charge in [-0.05, 0) is 24.6 Å². The monoisotopic (exact) mass is 354 g/mol. The topological polar surface area (TPSA) is 107 Å². The second-order valence-corrected chi connectivity index (χ2v) is 5.90. The molecule has 126 valence electrons. The Morgan fingerprint density at radius 3 is 2.92 bits per heavy atom. The van der Waals surface area contributed by atoms with Gasteiger partial charge in [0.25, 0.3) is 0 Å². The number of halogens is 1. The first-order valence-electron chi connectivity index (χ1n) is 7.65. The fraction of sp³-hybridized carbons (Fsp3) is 0.125. The van der Waals surface area contributed by atoms with E-state index < -0.39 is 0 Å². The zero-order valence-corrected chi connectivity index (χ0v) is 14.1. The summed E-state index contributed by atoms with van der Waals surface area (Å²) in [6.45, 7) is 2.43. The van der Waals surface area contributed by atoms with Crippen molar-refractivity contribution in [3.05, 3.63) is 53.1 Å². The van der Waals surface area contributed by atoms with E-state index in [1.807, 2.05) is 25.1 Å². The number of nitrogens with one attached hydrogen (secondary N) is 4. The quantitative estimate of drug-likeness (QED) is 0.437. The average molecular weight is 355 g/mol. The van der Waals surface area contributed by atoms with Crippen molar-refractivity contribution in [3.8, 4) is 0 Å². The Morgan fingerprint density at radius 1 is 1.16 bits per heavy atom. The summed E-state index contributed by atoms with van der Waals surface area (Å²) in [7, 11) is 0. The van der Waals surface area contributed by atoms with Crippen LogP contribution in [0.25, 0.3) is 11.0 Å². The Hall–Kier alpha value is -3.13. The zero-order valence-electron chi connectivity index (χ0n) is 13.3. The van der Waals surface area contributed by atoms with Crippen LogP contribution in [0.5, 0.6) is 0 Å². The molecule has 0 saturated carbocycles. The van der Waals surface area contributed by atoms with E-state index in [-0.39, 0.29) is 0 Å². The smallest absolute Gasteiger partial charge is 0.224 e. The Labute approximate surface area is 148 Å². The third-order valence-corrected chi connectivity index (χ3v) is 4.09. The van der Waals surface area contributed by atoms with Gasteiger partial charge in [-0.3, -0.25) is 5.10 Å². The van der Waals surface area contributed by atoms with E-state index in [4.69, 9.17) is 11.6 Å². The molecule has 9 heteroatoms. The number of hydrogen-bond donors (Lipinski definition) is 4. The number of rotatable bonds is 5. The van der Waals surface area contributed by atoms with Gasteiger partial charge < -0.3 is 15.6 Å². The van der Waals surface area contributed by atoms with Crippen molar-refractivity contribution in [2.24, 2.45) is 0 Å². The van der Waals surface area contributed by atoms with Crippen molar-refractivity contribution in [2.45, 2.75) is 13.5 Å². The summed E-state index contributed by atoms with van der Waals surface area (Å²) >= 11 is 6.40. The minimum Gasteiger partial charge on any atom is -0.350 e. The van der Waals surface area contributed by atoms with Crippen LogP contribution < -0.4 is 10.6 Å². The lowest BCUT2D eigenvalue weighted by molar-refractivity contribution is 1.04. The highest BCUT2D eigenvalue weighted by Gasteiger charge is 2.08. The van der Waals surface area contributed by atoms with E-state index in [0.717, 1.165) is 22.3 Å². The number of aryl methyl sites for hydroxylation is 1. The molecule has 0 aliphatic heterocycles. The predicted octanol–water partition coefficient (Wildman–Crippen LogP) is 3.39. The Kier molecular flexibility index (Phi) is 3.95. The number of hydrogen-bond acceptors (Lipinski definition) is 6. The van der Waals surface area contributed by atoms with Crippen molar-refractivity contribution in [3.63, 3.8) is 0 Å².